The molecule has 1 rings (SSSR count). The zero-order valence-electron chi connectivity index (χ0n) is 12.0. The molecular formula is C15H24N2OS. The Kier molecular flexibility index (Phi) is 7.45. The summed E-state index contributed by atoms with van der Waals surface area (Å²) in [5.41, 5.74) is 2.56. The van der Waals surface area contributed by atoms with Crippen molar-refractivity contribution in [3.05, 3.63) is 35.4 Å². The van der Waals surface area contributed by atoms with Crippen LogP contribution in [0.2, 0.25) is 0 Å². The van der Waals surface area contributed by atoms with Gasteiger partial charge in [-0.05, 0) is 50.5 Å². The summed E-state index contributed by atoms with van der Waals surface area (Å²) in [4.78, 5) is 0. The summed E-state index contributed by atoms with van der Waals surface area (Å²) in [6.45, 7) is 8.63. The minimum Gasteiger partial charge on any atom is -0.382 e. The van der Waals surface area contributed by atoms with Crippen molar-refractivity contribution in [3.63, 3.8) is 0 Å². The number of nitrogens with one attached hydrogen (secondary N) is 2. The van der Waals surface area contributed by atoms with Gasteiger partial charge in [0.05, 0.1) is 6.04 Å². The molecule has 0 bridgehead atoms. The summed E-state index contributed by atoms with van der Waals surface area (Å²) < 4.78 is 5.28. The molecule has 0 aliphatic carbocycles. The van der Waals surface area contributed by atoms with Gasteiger partial charge in [-0.1, -0.05) is 24.3 Å². The molecule has 0 aliphatic rings. The van der Waals surface area contributed by atoms with Crippen LogP contribution < -0.4 is 10.6 Å². The highest BCUT2D eigenvalue weighted by Gasteiger charge is 2.08. The first-order valence-corrected chi connectivity index (χ1v) is 7.23. The lowest BCUT2D eigenvalue weighted by Crippen LogP contribution is -2.37. The smallest absolute Gasteiger partial charge is 0.166 e. The van der Waals surface area contributed by atoms with E-state index in [0.29, 0.717) is 5.11 Å². The highest BCUT2D eigenvalue weighted by atomic mass is 32.1. The van der Waals surface area contributed by atoms with Gasteiger partial charge in [-0.15, -0.1) is 0 Å². The molecule has 0 saturated heterocycles. The van der Waals surface area contributed by atoms with E-state index in [4.69, 9.17) is 17.0 Å². The van der Waals surface area contributed by atoms with Crippen LogP contribution in [0.4, 0.5) is 0 Å². The van der Waals surface area contributed by atoms with Gasteiger partial charge in [0.15, 0.2) is 5.11 Å². The Labute approximate surface area is 121 Å². The average molecular weight is 280 g/mol. The summed E-state index contributed by atoms with van der Waals surface area (Å²) in [6, 6.07) is 8.57. The van der Waals surface area contributed by atoms with Crippen molar-refractivity contribution >= 4 is 17.3 Å². The molecule has 106 valence electrons. The van der Waals surface area contributed by atoms with Crippen molar-refractivity contribution in [2.45, 2.75) is 33.2 Å². The number of thiocarbonyl (C=S) groups is 1. The molecule has 1 unspecified atom stereocenters. The van der Waals surface area contributed by atoms with Crippen LogP contribution >= 0.6 is 12.2 Å². The van der Waals surface area contributed by atoms with Crippen LogP contribution in [-0.2, 0) is 4.74 Å². The molecule has 0 amide bonds. The molecule has 0 heterocycles. The highest BCUT2D eigenvalue weighted by molar-refractivity contribution is 7.80. The fourth-order valence-electron chi connectivity index (χ4n) is 1.92. The maximum atomic E-state index is 5.29. The minimum absolute atomic E-state index is 0.216. The molecule has 2 N–H and O–H groups in total. The van der Waals surface area contributed by atoms with Crippen molar-refractivity contribution in [1.29, 1.82) is 0 Å². The fraction of sp³-hybridized carbons (Fsp3) is 0.533. The third-order valence-corrected chi connectivity index (χ3v) is 3.22. The summed E-state index contributed by atoms with van der Waals surface area (Å²) in [6.07, 6.45) is 0.967. The zero-order valence-corrected chi connectivity index (χ0v) is 12.8. The van der Waals surface area contributed by atoms with Gasteiger partial charge < -0.3 is 15.4 Å². The van der Waals surface area contributed by atoms with Crippen molar-refractivity contribution < 1.29 is 4.74 Å². The van der Waals surface area contributed by atoms with Crippen LogP contribution in [0.1, 0.15) is 37.4 Å². The van der Waals surface area contributed by atoms with Gasteiger partial charge in [0.2, 0.25) is 0 Å². The summed E-state index contributed by atoms with van der Waals surface area (Å²) in [7, 11) is 0. The Morgan fingerprint density at radius 2 is 2.11 bits per heavy atom. The summed E-state index contributed by atoms with van der Waals surface area (Å²) in [5, 5.41) is 7.21. The van der Waals surface area contributed by atoms with Crippen LogP contribution in [0.15, 0.2) is 24.3 Å². The van der Waals surface area contributed by atoms with Crippen LogP contribution in [0.25, 0.3) is 0 Å². The van der Waals surface area contributed by atoms with E-state index in [1.165, 1.54) is 11.1 Å². The molecule has 0 aliphatic heterocycles. The van der Waals surface area contributed by atoms with Gasteiger partial charge in [0.1, 0.15) is 0 Å². The van der Waals surface area contributed by atoms with E-state index >= 15 is 0 Å². The molecule has 0 radical (unpaired) electrons. The number of ether oxygens (including phenoxy) is 1. The molecule has 1 aromatic rings. The van der Waals surface area contributed by atoms with Gasteiger partial charge in [-0.2, -0.15) is 0 Å². The SMILES string of the molecule is CCOCCCNC(=S)NC(C)c1ccccc1C. The van der Waals surface area contributed by atoms with Gasteiger partial charge in [0.25, 0.3) is 0 Å². The normalized spacial score (nSPS) is 11.9. The van der Waals surface area contributed by atoms with E-state index in [0.717, 1.165) is 26.2 Å². The van der Waals surface area contributed by atoms with E-state index in [-0.39, 0.29) is 6.04 Å². The average Bonchev–Trinajstić information content (AvgIpc) is 2.39. The van der Waals surface area contributed by atoms with E-state index in [9.17, 15) is 0 Å². The second kappa shape index (κ2) is 8.88. The lowest BCUT2D eigenvalue weighted by molar-refractivity contribution is 0.145. The number of hydrogen-bond acceptors (Lipinski definition) is 2. The third-order valence-electron chi connectivity index (χ3n) is 2.96. The lowest BCUT2D eigenvalue weighted by Gasteiger charge is -2.19. The Balaban J connectivity index is 2.30. The highest BCUT2D eigenvalue weighted by Crippen LogP contribution is 2.16. The Bertz CT molecular complexity index is 395. The summed E-state index contributed by atoms with van der Waals surface area (Å²) >= 11 is 5.29. The second-order valence-electron chi connectivity index (χ2n) is 4.53. The Morgan fingerprint density at radius 1 is 1.37 bits per heavy atom. The van der Waals surface area contributed by atoms with Gasteiger partial charge in [0, 0.05) is 19.8 Å². The summed E-state index contributed by atoms with van der Waals surface area (Å²) in [5.74, 6) is 0. The monoisotopic (exact) mass is 280 g/mol. The van der Waals surface area contributed by atoms with Gasteiger partial charge >= 0.3 is 0 Å². The first-order chi connectivity index (χ1) is 9.15. The van der Waals surface area contributed by atoms with Crippen LogP contribution in [0, 0.1) is 6.92 Å². The number of hydrogen-bond donors (Lipinski definition) is 2. The fourth-order valence-corrected chi connectivity index (χ4v) is 2.20. The third kappa shape index (κ3) is 6.03. The van der Waals surface area contributed by atoms with E-state index in [2.05, 4.69) is 48.7 Å². The molecule has 0 spiro atoms. The second-order valence-corrected chi connectivity index (χ2v) is 4.94. The first kappa shape index (κ1) is 15.9. The van der Waals surface area contributed by atoms with Crippen molar-refractivity contribution in [3.8, 4) is 0 Å². The van der Waals surface area contributed by atoms with Crippen LogP contribution in [0.5, 0.6) is 0 Å². The standard InChI is InChI=1S/C15H24N2OS/c1-4-18-11-7-10-16-15(19)17-13(3)14-9-6-5-8-12(14)2/h5-6,8-9,13H,4,7,10-11H2,1-3H3,(H2,16,17,19). The van der Waals surface area contributed by atoms with Crippen LogP contribution in [0.3, 0.4) is 0 Å². The molecule has 0 saturated carbocycles. The molecule has 0 aromatic heterocycles. The Hall–Kier alpha value is -1.13. The molecule has 1 aromatic carbocycles. The lowest BCUT2D eigenvalue weighted by atomic mass is 10.0. The van der Waals surface area contributed by atoms with E-state index in [1.807, 2.05) is 6.92 Å². The number of aryl methyl sites for hydroxylation is 1. The molecule has 4 heteroatoms. The minimum atomic E-state index is 0.216. The van der Waals surface area contributed by atoms with Crippen molar-refractivity contribution in [2.24, 2.45) is 0 Å². The van der Waals surface area contributed by atoms with Crippen molar-refractivity contribution in [1.82, 2.24) is 10.6 Å². The Morgan fingerprint density at radius 3 is 2.79 bits per heavy atom. The molecular weight excluding hydrogens is 256 g/mol. The van der Waals surface area contributed by atoms with E-state index in [1.54, 1.807) is 0 Å². The van der Waals surface area contributed by atoms with Crippen LogP contribution in [-0.4, -0.2) is 24.9 Å². The van der Waals surface area contributed by atoms with Gasteiger partial charge in [-0.3, -0.25) is 0 Å². The predicted molar refractivity (Wildman–Crippen MR) is 84.4 cm³/mol. The quantitative estimate of drug-likeness (QED) is 0.594. The molecule has 0 fully saturated rings. The molecule has 3 nitrogen and oxygen atoms in total. The van der Waals surface area contributed by atoms with E-state index < -0.39 is 0 Å². The first-order valence-electron chi connectivity index (χ1n) is 6.82. The maximum absolute atomic E-state index is 5.29. The van der Waals surface area contributed by atoms with Crippen molar-refractivity contribution in [2.75, 3.05) is 19.8 Å². The predicted octanol–water partition coefficient (Wildman–Crippen LogP) is 2.95. The number of benzene rings is 1. The van der Waals surface area contributed by atoms with Gasteiger partial charge in [-0.25, -0.2) is 0 Å². The topological polar surface area (TPSA) is 33.3 Å². The maximum Gasteiger partial charge on any atom is 0.166 e. The molecule has 19 heavy (non-hydrogen) atoms. The largest absolute Gasteiger partial charge is 0.382 e. The number of rotatable bonds is 7. The molecule has 1 atom stereocenters. The zero-order chi connectivity index (χ0) is 14.1.